The SMILES string of the molecule is COc1cc2nccc(Oc3ccc(CC(=O)c4cc(CC5CCOCC5)cn(-c5ccc(F)cc5)c4=O)nc3)c2cc1OC. The molecule has 0 spiro atoms. The molecular formula is C35H32FN3O6. The van der Waals surface area contributed by atoms with Gasteiger partial charge < -0.3 is 18.9 Å². The minimum absolute atomic E-state index is 0.0682. The molecule has 2 aromatic carbocycles. The number of benzene rings is 2. The number of ether oxygens (including phenoxy) is 4. The summed E-state index contributed by atoms with van der Waals surface area (Å²) in [6, 6.07) is 16.1. The van der Waals surface area contributed by atoms with Gasteiger partial charge in [-0.1, -0.05) is 0 Å². The van der Waals surface area contributed by atoms with Crippen LogP contribution in [-0.2, 0) is 17.6 Å². The number of fused-ring (bicyclic) bond motifs is 1. The van der Waals surface area contributed by atoms with E-state index in [9.17, 15) is 14.0 Å². The van der Waals surface area contributed by atoms with E-state index in [2.05, 4.69) is 9.97 Å². The van der Waals surface area contributed by atoms with Gasteiger partial charge in [0.05, 0.1) is 37.9 Å². The Hall–Kier alpha value is -5.09. The summed E-state index contributed by atoms with van der Waals surface area (Å²) in [6.45, 7) is 1.39. The van der Waals surface area contributed by atoms with Gasteiger partial charge in [-0.3, -0.25) is 24.1 Å². The van der Waals surface area contributed by atoms with Crippen LogP contribution < -0.4 is 19.8 Å². The minimum atomic E-state index is -0.459. The van der Waals surface area contributed by atoms with Crippen molar-refractivity contribution >= 4 is 16.7 Å². The number of hydrogen-bond donors (Lipinski definition) is 0. The lowest BCUT2D eigenvalue weighted by atomic mass is 9.92. The van der Waals surface area contributed by atoms with Gasteiger partial charge in [0.25, 0.3) is 5.56 Å². The first-order valence-electron chi connectivity index (χ1n) is 14.7. The molecule has 0 atom stereocenters. The van der Waals surface area contributed by atoms with Gasteiger partial charge in [0.15, 0.2) is 17.3 Å². The van der Waals surface area contributed by atoms with E-state index in [1.54, 1.807) is 63.0 Å². The zero-order valence-corrected chi connectivity index (χ0v) is 25.0. The topological polar surface area (TPSA) is 102 Å². The quantitative estimate of drug-likeness (QED) is 0.175. The van der Waals surface area contributed by atoms with Crippen molar-refractivity contribution in [2.45, 2.75) is 25.7 Å². The number of methoxy groups -OCH3 is 2. The van der Waals surface area contributed by atoms with Crippen LogP contribution >= 0.6 is 0 Å². The van der Waals surface area contributed by atoms with Crippen molar-refractivity contribution in [2.75, 3.05) is 27.4 Å². The Labute approximate surface area is 259 Å². The lowest BCUT2D eigenvalue weighted by Gasteiger charge is -2.22. The highest BCUT2D eigenvalue weighted by atomic mass is 19.1. The molecule has 9 nitrogen and oxygen atoms in total. The number of halogens is 1. The monoisotopic (exact) mass is 609 g/mol. The van der Waals surface area contributed by atoms with Crippen molar-refractivity contribution in [2.24, 2.45) is 5.92 Å². The molecule has 6 rings (SSSR count). The molecule has 10 heteroatoms. The van der Waals surface area contributed by atoms with Gasteiger partial charge in [0, 0.05) is 48.4 Å². The average molecular weight is 610 g/mol. The summed E-state index contributed by atoms with van der Waals surface area (Å²) < 4.78 is 37.5. The van der Waals surface area contributed by atoms with Gasteiger partial charge in [-0.15, -0.1) is 0 Å². The third kappa shape index (κ3) is 6.71. The minimum Gasteiger partial charge on any atom is -0.493 e. The molecule has 0 radical (unpaired) electrons. The van der Waals surface area contributed by atoms with E-state index in [0.29, 0.717) is 65.4 Å². The van der Waals surface area contributed by atoms with Crippen molar-refractivity contribution in [1.82, 2.24) is 14.5 Å². The molecule has 5 aromatic rings. The van der Waals surface area contributed by atoms with Crippen LogP contribution in [-0.4, -0.2) is 47.8 Å². The summed E-state index contributed by atoms with van der Waals surface area (Å²) in [5.41, 5.74) is 2.12. The Morgan fingerprint density at radius 3 is 2.42 bits per heavy atom. The van der Waals surface area contributed by atoms with Gasteiger partial charge in [-0.25, -0.2) is 4.39 Å². The number of Topliss-reactive ketones (excluding diaryl/α,β-unsaturated/α-hetero) is 1. The van der Waals surface area contributed by atoms with Crippen LogP contribution in [0.15, 0.2) is 84.0 Å². The molecule has 3 aromatic heterocycles. The summed E-state index contributed by atoms with van der Waals surface area (Å²) in [6.07, 6.45) is 7.38. The maximum Gasteiger partial charge on any atom is 0.265 e. The molecule has 0 amide bonds. The molecule has 0 unspecified atom stereocenters. The summed E-state index contributed by atoms with van der Waals surface area (Å²) in [4.78, 5) is 36.0. The summed E-state index contributed by atoms with van der Waals surface area (Å²) in [7, 11) is 3.12. The maximum atomic E-state index is 13.6. The first-order chi connectivity index (χ1) is 21.9. The average Bonchev–Trinajstić information content (AvgIpc) is 3.06. The Bertz CT molecular complexity index is 1880. The van der Waals surface area contributed by atoms with Crippen LogP contribution in [0.2, 0.25) is 0 Å². The van der Waals surface area contributed by atoms with Crippen molar-refractivity contribution in [3.63, 3.8) is 0 Å². The molecular weight excluding hydrogens is 577 g/mol. The third-order valence-electron chi connectivity index (χ3n) is 7.92. The van der Waals surface area contributed by atoms with Crippen LogP contribution in [0.4, 0.5) is 4.39 Å². The highest BCUT2D eigenvalue weighted by Crippen LogP contribution is 2.36. The lowest BCUT2D eigenvalue weighted by molar-refractivity contribution is 0.0665. The van der Waals surface area contributed by atoms with Crippen molar-refractivity contribution in [1.29, 1.82) is 0 Å². The third-order valence-corrected chi connectivity index (χ3v) is 7.92. The fraction of sp³-hybridized carbons (Fsp3) is 0.257. The zero-order chi connectivity index (χ0) is 31.3. The number of aromatic nitrogens is 3. The first kappa shape index (κ1) is 30.0. The van der Waals surface area contributed by atoms with Gasteiger partial charge in [0.2, 0.25) is 0 Å². The molecule has 0 saturated carbocycles. The second-order valence-electron chi connectivity index (χ2n) is 10.9. The normalized spacial score (nSPS) is 13.5. The maximum absolute atomic E-state index is 13.6. The lowest BCUT2D eigenvalue weighted by Crippen LogP contribution is -2.27. The predicted octanol–water partition coefficient (Wildman–Crippen LogP) is 6.12. The van der Waals surface area contributed by atoms with Gasteiger partial charge in [-0.05, 0) is 85.3 Å². The molecule has 1 aliphatic heterocycles. The Morgan fingerprint density at radius 2 is 1.71 bits per heavy atom. The number of carbonyl (C=O) groups is 1. The Kier molecular flexibility index (Phi) is 8.84. The van der Waals surface area contributed by atoms with E-state index in [-0.39, 0.29) is 17.8 Å². The van der Waals surface area contributed by atoms with Gasteiger partial charge >= 0.3 is 0 Å². The van der Waals surface area contributed by atoms with Crippen LogP contribution in [0, 0.1) is 11.7 Å². The van der Waals surface area contributed by atoms with Crippen molar-refractivity contribution < 1.29 is 28.1 Å². The number of rotatable bonds is 10. The molecule has 1 aliphatic rings. The molecule has 230 valence electrons. The van der Waals surface area contributed by atoms with E-state index >= 15 is 0 Å². The number of hydrogen-bond acceptors (Lipinski definition) is 8. The highest BCUT2D eigenvalue weighted by Gasteiger charge is 2.20. The summed E-state index contributed by atoms with van der Waals surface area (Å²) in [5.74, 6) is 1.74. The van der Waals surface area contributed by atoms with E-state index < -0.39 is 11.4 Å². The summed E-state index contributed by atoms with van der Waals surface area (Å²) >= 11 is 0. The van der Waals surface area contributed by atoms with Crippen molar-refractivity contribution in [3.05, 3.63) is 112 Å². The summed E-state index contributed by atoms with van der Waals surface area (Å²) in [5, 5.41) is 0.729. The Balaban J connectivity index is 1.24. The molecule has 0 aliphatic carbocycles. The van der Waals surface area contributed by atoms with E-state index in [1.807, 2.05) is 0 Å². The Morgan fingerprint density at radius 1 is 0.956 bits per heavy atom. The standard InChI is InChI=1S/C35H32FN3O6/c1-42-33-18-28-30(19-34(33)43-2)37-12-9-32(28)45-27-8-5-25(38-20-27)17-31(40)29-16-23(15-22-10-13-44-14-11-22)21-39(35(29)41)26-6-3-24(36)4-7-26/h3-9,12,16,18-22H,10-11,13-15,17H2,1-2H3. The molecule has 45 heavy (non-hydrogen) atoms. The van der Waals surface area contributed by atoms with E-state index in [1.165, 1.54) is 35.0 Å². The largest absolute Gasteiger partial charge is 0.493 e. The number of ketones is 1. The fourth-order valence-electron chi connectivity index (χ4n) is 5.53. The number of nitrogens with zero attached hydrogens (tertiary/aromatic N) is 3. The van der Waals surface area contributed by atoms with Crippen LogP contribution in [0.25, 0.3) is 16.6 Å². The van der Waals surface area contributed by atoms with Gasteiger partial charge in [0.1, 0.15) is 17.3 Å². The van der Waals surface area contributed by atoms with Crippen molar-refractivity contribution in [3.8, 4) is 28.7 Å². The second-order valence-corrected chi connectivity index (χ2v) is 10.9. The number of carbonyl (C=O) groups excluding carboxylic acids is 1. The molecule has 1 saturated heterocycles. The second kappa shape index (κ2) is 13.3. The van der Waals surface area contributed by atoms with Gasteiger partial charge in [-0.2, -0.15) is 0 Å². The van der Waals surface area contributed by atoms with E-state index in [0.717, 1.165) is 23.8 Å². The number of pyridine rings is 3. The van der Waals surface area contributed by atoms with Crippen LogP contribution in [0.1, 0.15) is 34.5 Å². The molecule has 1 fully saturated rings. The molecule has 0 bridgehead atoms. The van der Waals surface area contributed by atoms with Crippen LogP contribution in [0.5, 0.6) is 23.0 Å². The smallest absolute Gasteiger partial charge is 0.265 e. The zero-order valence-electron chi connectivity index (χ0n) is 25.0. The highest BCUT2D eigenvalue weighted by molar-refractivity contribution is 5.97. The fourth-order valence-corrected chi connectivity index (χ4v) is 5.53. The molecule has 0 N–H and O–H groups in total. The first-order valence-corrected chi connectivity index (χ1v) is 14.7. The van der Waals surface area contributed by atoms with Crippen LogP contribution in [0.3, 0.4) is 0 Å². The van der Waals surface area contributed by atoms with E-state index in [4.69, 9.17) is 18.9 Å². The predicted molar refractivity (Wildman–Crippen MR) is 166 cm³/mol. The molecule has 4 heterocycles.